The third kappa shape index (κ3) is 3.70. The Kier molecular flexibility index (Phi) is 5.82. The van der Waals surface area contributed by atoms with Crippen molar-refractivity contribution >= 4 is 38.4 Å². The van der Waals surface area contributed by atoms with E-state index < -0.39 is 10.0 Å². The first-order chi connectivity index (χ1) is 8.41. The summed E-state index contributed by atoms with van der Waals surface area (Å²) < 4.78 is 27.4. The first-order valence-corrected chi connectivity index (χ1v) is 8.16. The average Bonchev–Trinajstić information content (AvgIpc) is 2.28. The summed E-state index contributed by atoms with van der Waals surface area (Å²) in [6, 6.07) is 5.17. The fraction of sp³-hybridized carbons (Fsp3) is 0.500. The molecule has 1 aromatic rings. The monoisotopic (exact) mass is 368 g/mol. The zero-order valence-electron chi connectivity index (χ0n) is 10.7. The first-order valence-electron chi connectivity index (χ1n) is 5.93. The van der Waals surface area contributed by atoms with Crippen LogP contribution >= 0.6 is 28.3 Å². The largest absolute Gasteiger partial charge is 0.327 e. The van der Waals surface area contributed by atoms with Gasteiger partial charge in [0.05, 0.1) is 4.90 Å². The second-order valence-corrected chi connectivity index (χ2v) is 7.50. The highest BCUT2D eigenvalue weighted by molar-refractivity contribution is 9.10. The van der Waals surface area contributed by atoms with E-state index >= 15 is 0 Å². The summed E-state index contributed by atoms with van der Waals surface area (Å²) in [4.78, 5) is 0.375. The third-order valence-electron chi connectivity index (χ3n) is 3.18. The van der Waals surface area contributed by atoms with E-state index in [4.69, 9.17) is 5.73 Å². The molecule has 1 fully saturated rings. The molecule has 108 valence electrons. The molecule has 0 aliphatic carbocycles. The minimum Gasteiger partial charge on any atom is -0.327 e. The number of sulfonamides is 1. The summed E-state index contributed by atoms with van der Waals surface area (Å²) in [6.45, 7) is 2.78. The van der Waals surface area contributed by atoms with Crippen LogP contribution in [0.5, 0.6) is 0 Å². The molecule has 1 aromatic carbocycles. The second-order valence-electron chi connectivity index (χ2n) is 4.68. The molecule has 2 N–H and O–H groups in total. The van der Waals surface area contributed by atoms with Crippen LogP contribution in [0, 0.1) is 6.92 Å². The maximum Gasteiger partial charge on any atom is 0.243 e. The summed E-state index contributed by atoms with van der Waals surface area (Å²) in [6.07, 6.45) is 1.72. The standard InChI is InChI=1S/C12H17BrN2O2S.ClH/c1-9-7-10(13)4-5-12(9)18(16,17)15-6-2-3-11(14)8-15;/h4-5,7,11H,2-3,6,8,14H2,1H3;1H/t11-;/m0./s1. The molecule has 0 spiro atoms. The van der Waals surface area contributed by atoms with Crippen molar-refractivity contribution in [3.63, 3.8) is 0 Å². The van der Waals surface area contributed by atoms with Gasteiger partial charge in [-0.1, -0.05) is 15.9 Å². The number of hydrogen-bond donors (Lipinski definition) is 1. The number of halogens is 2. The molecule has 1 aliphatic heterocycles. The van der Waals surface area contributed by atoms with E-state index in [2.05, 4.69) is 15.9 Å². The molecule has 4 nitrogen and oxygen atoms in total. The molecule has 1 atom stereocenters. The number of aryl methyl sites for hydroxylation is 1. The normalized spacial score (nSPS) is 20.9. The van der Waals surface area contributed by atoms with Crippen molar-refractivity contribution in [2.24, 2.45) is 5.73 Å². The Morgan fingerprint density at radius 1 is 1.42 bits per heavy atom. The zero-order valence-corrected chi connectivity index (χ0v) is 13.9. The molecule has 1 saturated heterocycles. The predicted molar refractivity (Wildman–Crippen MR) is 82.1 cm³/mol. The van der Waals surface area contributed by atoms with Crippen molar-refractivity contribution in [3.05, 3.63) is 28.2 Å². The molecule has 2 rings (SSSR count). The van der Waals surface area contributed by atoms with Crippen LogP contribution in [0.3, 0.4) is 0 Å². The van der Waals surface area contributed by atoms with Crippen molar-refractivity contribution in [1.82, 2.24) is 4.31 Å². The van der Waals surface area contributed by atoms with Gasteiger partial charge in [0.1, 0.15) is 0 Å². The van der Waals surface area contributed by atoms with E-state index in [0.717, 1.165) is 22.9 Å². The molecule has 0 bridgehead atoms. The Morgan fingerprint density at radius 3 is 2.68 bits per heavy atom. The van der Waals surface area contributed by atoms with Crippen LogP contribution in [0.4, 0.5) is 0 Å². The average molecular weight is 370 g/mol. The minimum atomic E-state index is -3.41. The molecule has 0 radical (unpaired) electrons. The Bertz CT molecular complexity index is 551. The van der Waals surface area contributed by atoms with E-state index in [-0.39, 0.29) is 18.4 Å². The number of nitrogens with zero attached hydrogens (tertiary/aromatic N) is 1. The fourth-order valence-electron chi connectivity index (χ4n) is 2.23. The van der Waals surface area contributed by atoms with Gasteiger partial charge in [-0.25, -0.2) is 8.42 Å². The Balaban J connectivity index is 0.00000180. The van der Waals surface area contributed by atoms with Gasteiger partial charge in [-0.15, -0.1) is 12.4 Å². The van der Waals surface area contributed by atoms with Gasteiger partial charge >= 0.3 is 0 Å². The van der Waals surface area contributed by atoms with Crippen molar-refractivity contribution in [3.8, 4) is 0 Å². The Hall–Kier alpha value is -0.140. The van der Waals surface area contributed by atoms with Crippen LogP contribution in [-0.4, -0.2) is 31.9 Å². The number of benzene rings is 1. The van der Waals surface area contributed by atoms with E-state index in [1.807, 2.05) is 13.0 Å². The SMILES string of the molecule is Cc1cc(Br)ccc1S(=O)(=O)N1CCC[C@H](N)C1.Cl. The maximum absolute atomic E-state index is 12.5. The molecule has 1 heterocycles. The number of piperidine rings is 1. The van der Waals surface area contributed by atoms with Crippen LogP contribution in [0.2, 0.25) is 0 Å². The highest BCUT2D eigenvalue weighted by atomic mass is 79.9. The van der Waals surface area contributed by atoms with Gasteiger partial charge in [0.2, 0.25) is 10.0 Å². The van der Waals surface area contributed by atoms with E-state index in [0.29, 0.717) is 18.0 Å². The lowest BCUT2D eigenvalue weighted by Gasteiger charge is -2.30. The van der Waals surface area contributed by atoms with Gasteiger partial charge in [-0.05, 0) is 43.5 Å². The molecule has 19 heavy (non-hydrogen) atoms. The fourth-order valence-corrected chi connectivity index (χ4v) is 4.45. The molecule has 0 aromatic heterocycles. The van der Waals surface area contributed by atoms with Gasteiger partial charge in [0.15, 0.2) is 0 Å². The molecular weight excluding hydrogens is 352 g/mol. The summed E-state index contributed by atoms with van der Waals surface area (Å²) in [5, 5.41) is 0. The highest BCUT2D eigenvalue weighted by Gasteiger charge is 2.29. The minimum absolute atomic E-state index is 0. The van der Waals surface area contributed by atoms with Crippen molar-refractivity contribution in [2.75, 3.05) is 13.1 Å². The molecule has 0 saturated carbocycles. The molecule has 0 amide bonds. The Morgan fingerprint density at radius 2 is 2.11 bits per heavy atom. The van der Waals surface area contributed by atoms with Crippen LogP contribution in [0.1, 0.15) is 18.4 Å². The third-order valence-corrected chi connectivity index (χ3v) is 5.69. The van der Waals surface area contributed by atoms with Crippen LogP contribution in [0.15, 0.2) is 27.6 Å². The summed E-state index contributed by atoms with van der Waals surface area (Å²) in [5.74, 6) is 0. The number of nitrogens with two attached hydrogens (primary N) is 1. The quantitative estimate of drug-likeness (QED) is 0.870. The van der Waals surface area contributed by atoms with Crippen molar-refractivity contribution in [2.45, 2.75) is 30.7 Å². The summed E-state index contributed by atoms with van der Waals surface area (Å²) >= 11 is 3.34. The second kappa shape index (κ2) is 6.54. The van der Waals surface area contributed by atoms with Crippen LogP contribution in [0.25, 0.3) is 0 Å². The summed E-state index contributed by atoms with van der Waals surface area (Å²) in [5.41, 5.74) is 6.60. The first kappa shape index (κ1) is 16.9. The number of rotatable bonds is 2. The lowest BCUT2D eigenvalue weighted by Crippen LogP contribution is -2.45. The van der Waals surface area contributed by atoms with Crippen molar-refractivity contribution in [1.29, 1.82) is 0 Å². The lowest BCUT2D eigenvalue weighted by molar-refractivity contribution is 0.316. The van der Waals surface area contributed by atoms with E-state index in [1.165, 1.54) is 4.31 Å². The topological polar surface area (TPSA) is 63.4 Å². The lowest BCUT2D eigenvalue weighted by atomic mass is 10.1. The zero-order chi connectivity index (χ0) is 13.3. The summed E-state index contributed by atoms with van der Waals surface area (Å²) in [7, 11) is -3.41. The maximum atomic E-state index is 12.5. The van der Waals surface area contributed by atoms with Gasteiger partial charge < -0.3 is 5.73 Å². The van der Waals surface area contributed by atoms with E-state index in [9.17, 15) is 8.42 Å². The number of hydrogen-bond acceptors (Lipinski definition) is 3. The van der Waals surface area contributed by atoms with Gasteiger partial charge in [0, 0.05) is 23.6 Å². The predicted octanol–water partition coefficient (Wildman–Crippen LogP) is 2.29. The van der Waals surface area contributed by atoms with Crippen LogP contribution in [-0.2, 0) is 10.0 Å². The highest BCUT2D eigenvalue weighted by Crippen LogP contribution is 2.25. The van der Waals surface area contributed by atoms with Gasteiger partial charge in [-0.3, -0.25) is 0 Å². The van der Waals surface area contributed by atoms with Gasteiger partial charge in [0.25, 0.3) is 0 Å². The van der Waals surface area contributed by atoms with E-state index in [1.54, 1.807) is 12.1 Å². The smallest absolute Gasteiger partial charge is 0.243 e. The van der Waals surface area contributed by atoms with Gasteiger partial charge in [-0.2, -0.15) is 4.31 Å². The molecule has 0 unspecified atom stereocenters. The Labute approximate surface area is 128 Å². The van der Waals surface area contributed by atoms with Crippen molar-refractivity contribution < 1.29 is 8.42 Å². The molecule has 7 heteroatoms. The van der Waals surface area contributed by atoms with Crippen LogP contribution < -0.4 is 5.73 Å². The molecular formula is C12H18BrClN2O2S. The molecule has 1 aliphatic rings.